The van der Waals surface area contributed by atoms with E-state index in [9.17, 15) is 14.0 Å². The van der Waals surface area contributed by atoms with Gasteiger partial charge in [-0.25, -0.2) is 9.18 Å². The monoisotopic (exact) mass is 341 g/mol. The minimum atomic E-state index is -0.396. The van der Waals surface area contributed by atoms with Crippen molar-refractivity contribution in [3.8, 4) is 0 Å². The van der Waals surface area contributed by atoms with E-state index < -0.39 is 5.69 Å². The lowest BCUT2D eigenvalue weighted by Crippen LogP contribution is -2.38. The first-order valence-corrected chi connectivity index (χ1v) is 6.64. The molecule has 0 aliphatic heterocycles. The topological polar surface area (TPSA) is 56.0 Å². The highest BCUT2D eigenvalue weighted by atomic mass is 79.9. The number of anilines is 1. The van der Waals surface area contributed by atoms with Crippen molar-refractivity contribution in [2.45, 2.75) is 6.54 Å². The third kappa shape index (κ3) is 2.82. The first-order chi connectivity index (χ1) is 9.40. The molecule has 7 heteroatoms. The lowest BCUT2D eigenvalue weighted by Gasteiger charge is -2.12. The van der Waals surface area contributed by atoms with Crippen LogP contribution >= 0.6 is 15.9 Å². The molecule has 0 unspecified atom stereocenters. The molecule has 1 aromatic heterocycles. The van der Waals surface area contributed by atoms with Crippen molar-refractivity contribution in [1.29, 1.82) is 0 Å². The second-order valence-corrected chi connectivity index (χ2v) is 5.21. The van der Waals surface area contributed by atoms with E-state index in [0.29, 0.717) is 15.9 Å². The number of hydrogen-bond acceptors (Lipinski definition) is 3. The van der Waals surface area contributed by atoms with E-state index >= 15 is 0 Å². The zero-order valence-electron chi connectivity index (χ0n) is 11.0. The van der Waals surface area contributed by atoms with Crippen LogP contribution in [0.3, 0.4) is 0 Å². The SMILES string of the molecule is Cn1c(CNc2cc(F)ccc2Br)cc(=O)n(C)c1=O. The predicted molar refractivity (Wildman–Crippen MR) is 78.4 cm³/mol. The van der Waals surface area contributed by atoms with Crippen LogP contribution < -0.4 is 16.6 Å². The summed E-state index contributed by atoms with van der Waals surface area (Å²) in [6.07, 6.45) is 0. The van der Waals surface area contributed by atoms with Gasteiger partial charge in [0, 0.05) is 30.3 Å². The number of nitrogens with zero attached hydrogens (tertiary/aromatic N) is 2. The molecule has 0 amide bonds. The van der Waals surface area contributed by atoms with Crippen LogP contribution in [-0.2, 0) is 20.6 Å². The van der Waals surface area contributed by atoms with Crippen LogP contribution in [0.1, 0.15) is 5.69 Å². The molecule has 20 heavy (non-hydrogen) atoms. The van der Waals surface area contributed by atoms with Crippen molar-refractivity contribution < 1.29 is 4.39 Å². The summed E-state index contributed by atoms with van der Waals surface area (Å²) in [5.41, 5.74) is 0.309. The van der Waals surface area contributed by atoms with Gasteiger partial charge in [-0.2, -0.15) is 0 Å². The number of rotatable bonds is 3. The zero-order valence-corrected chi connectivity index (χ0v) is 12.6. The molecular weight excluding hydrogens is 329 g/mol. The minimum absolute atomic E-state index is 0.240. The Labute approximate surface area is 122 Å². The van der Waals surface area contributed by atoms with Crippen molar-refractivity contribution in [2.75, 3.05) is 5.32 Å². The van der Waals surface area contributed by atoms with Gasteiger partial charge in [-0.05, 0) is 34.1 Å². The molecule has 106 valence electrons. The van der Waals surface area contributed by atoms with Crippen molar-refractivity contribution in [2.24, 2.45) is 14.1 Å². The molecule has 2 aromatic rings. The maximum absolute atomic E-state index is 13.2. The summed E-state index contributed by atoms with van der Waals surface area (Å²) in [5, 5.41) is 2.99. The molecule has 0 saturated heterocycles. The van der Waals surface area contributed by atoms with E-state index in [1.54, 1.807) is 13.1 Å². The maximum atomic E-state index is 13.2. The maximum Gasteiger partial charge on any atom is 0.330 e. The first-order valence-electron chi connectivity index (χ1n) is 5.85. The van der Waals surface area contributed by atoms with Crippen LogP contribution in [0.25, 0.3) is 0 Å². The lowest BCUT2D eigenvalue weighted by atomic mass is 10.3. The Balaban J connectivity index is 2.30. The molecule has 1 aromatic carbocycles. The van der Waals surface area contributed by atoms with E-state index in [4.69, 9.17) is 0 Å². The summed E-state index contributed by atoms with van der Waals surface area (Å²) < 4.78 is 16.3. The quantitative estimate of drug-likeness (QED) is 0.922. The summed E-state index contributed by atoms with van der Waals surface area (Å²) in [7, 11) is 3.00. The fraction of sp³-hybridized carbons (Fsp3) is 0.231. The first kappa shape index (κ1) is 14.5. The number of aromatic nitrogens is 2. The third-order valence-corrected chi connectivity index (χ3v) is 3.71. The number of nitrogens with one attached hydrogen (secondary N) is 1. The number of halogens is 2. The molecule has 0 spiro atoms. The highest BCUT2D eigenvalue weighted by molar-refractivity contribution is 9.10. The Morgan fingerprint density at radius 2 is 1.90 bits per heavy atom. The molecule has 2 rings (SSSR count). The van der Waals surface area contributed by atoms with Gasteiger partial charge in [-0.15, -0.1) is 0 Å². The molecule has 1 N–H and O–H groups in total. The minimum Gasteiger partial charge on any atom is -0.378 e. The zero-order chi connectivity index (χ0) is 14.9. The molecule has 5 nitrogen and oxygen atoms in total. The van der Waals surface area contributed by atoms with E-state index in [-0.39, 0.29) is 17.9 Å². The van der Waals surface area contributed by atoms with E-state index in [1.807, 2.05) is 0 Å². The van der Waals surface area contributed by atoms with Gasteiger partial charge in [0.15, 0.2) is 0 Å². The summed E-state index contributed by atoms with van der Waals surface area (Å²) in [4.78, 5) is 23.4. The van der Waals surface area contributed by atoms with Crippen molar-refractivity contribution >= 4 is 21.6 Å². The van der Waals surface area contributed by atoms with Gasteiger partial charge in [-0.3, -0.25) is 13.9 Å². The molecule has 0 bridgehead atoms. The van der Waals surface area contributed by atoms with Gasteiger partial charge >= 0.3 is 5.69 Å². The standard InChI is InChI=1S/C13H13BrFN3O2/c1-17-9(6-12(19)18(2)13(17)20)7-16-11-5-8(15)3-4-10(11)14/h3-6,16H,7H2,1-2H3. The van der Waals surface area contributed by atoms with E-state index in [1.165, 1.54) is 29.8 Å². The molecule has 0 aliphatic rings. The molecule has 0 aliphatic carbocycles. The molecular formula is C13H13BrFN3O2. The average Bonchev–Trinajstić information content (AvgIpc) is 2.42. The van der Waals surface area contributed by atoms with Crippen LogP contribution in [0.2, 0.25) is 0 Å². The highest BCUT2D eigenvalue weighted by Crippen LogP contribution is 2.23. The summed E-state index contributed by atoms with van der Waals surface area (Å²) in [5.74, 6) is -0.367. The smallest absolute Gasteiger partial charge is 0.330 e. The van der Waals surface area contributed by atoms with E-state index in [0.717, 1.165) is 4.57 Å². The van der Waals surface area contributed by atoms with Crippen molar-refractivity contribution in [1.82, 2.24) is 9.13 Å². The fourth-order valence-corrected chi connectivity index (χ4v) is 2.15. The molecule has 0 saturated carbocycles. The van der Waals surface area contributed by atoms with Gasteiger partial charge in [0.05, 0.1) is 12.2 Å². The molecule has 1 heterocycles. The van der Waals surface area contributed by atoms with Crippen LogP contribution in [0, 0.1) is 5.82 Å². The average molecular weight is 342 g/mol. The Morgan fingerprint density at radius 3 is 2.60 bits per heavy atom. The molecule has 0 fully saturated rings. The third-order valence-electron chi connectivity index (χ3n) is 3.01. The fourth-order valence-electron chi connectivity index (χ4n) is 1.77. The Bertz CT molecular complexity index is 767. The number of benzene rings is 1. The van der Waals surface area contributed by atoms with Crippen LogP contribution in [-0.4, -0.2) is 9.13 Å². The van der Waals surface area contributed by atoms with Gasteiger partial charge in [0.2, 0.25) is 0 Å². The van der Waals surface area contributed by atoms with Gasteiger partial charge in [0.25, 0.3) is 5.56 Å². The lowest BCUT2D eigenvalue weighted by molar-refractivity contribution is 0.627. The highest BCUT2D eigenvalue weighted by Gasteiger charge is 2.07. The van der Waals surface area contributed by atoms with E-state index in [2.05, 4.69) is 21.2 Å². The summed E-state index contributed by atoms with van der Waals surface area (Å²) in [6.45, 7) is 0.240. The second kappa shape index (κ2) is 5.62. The van der Waals surface area contributed by atoms with Crippen molar-refractivity contribution in [3.63, 3.8) is 0 Å². The van der Waals surface area contributed by atoms with Crippen LogP contribution in [0.15, 0.2) is 38.3 Å². The van der Waals surface area contributed by atoms with Gasteiger partial charge in [-0.1, -0.05) is 0 Å². The van der Waals surface area contributed by atoms with Gasteiger partial charge < -0.3 is 5.32 Å². The van der Waals surface area contributed by atoms with Gasteiger partial charge in [0.1, 0.15) is 5.82 Å². The predicted octanol–water partition coefficient (Wildman–Crippen LogP) is 1.60. The normalized spacial score (nSPS) is 10.6. The van der Waals surface area contributed by atoms with Crippen LogP contribution in [0.4, 0.5) is 10.1 Å². The Kier molecular flexibility index (Phi) is 4.08. The molecule has 0 radical (unpaired) electrons. The summed E-state index contributed by atoms with van der Waals surface area (Å²) >= 11 is 3.30. The number of hydrogen-bond donors (Lipinski definition) is 1. The van der Waals surface area contributed by atoms with Crippen LogP contribution in [0.5, 0.6) is 0 Å². The Morgan fingerprint density at radius 1 is 1.20 bits per heavy atom. The van der Waals surface area contributed by atoms with Crippen molar-refractivity contribution in [3.05, 3.63) is 61.1 Å². The summed E-state index contributed by atoms with van der Waals surface area (Å²) in [6, 6.07) is 5.63. The largest absolute Gasteiger partial charge is 0.378 e. The Hall–Kier alpha value is -1.89. The molecule has 0 atom stereocenters. The second-order valence-electron chi connectivity index (χ2n) is 4.35.